The van der Waals surface area contributed by atoms with Gasteiger partial charge in [-0.1, -0.05) is 34.1 Å². The van der Waals surface area contributed by atoms with Gasteiger partial charge in [-0.2, -0.15) is 0 Å². The molecular formula is C26H33BrN2O3. The number of rotatable bonds is 11. The first kappa shape index (κ1) is 24.5. The molecule has 1 aliphatic heterocycles. The van der Waals surface area contributed by atoms with E-state index in [1.807, 2.05) is 36.4 Å². The normalized spacial score (nSPS) is 15.6. The SMILES string of the molecule is CC(=CCCN1CCC(CNCc2ccc(C(=O)O)cc2)CC1)COc1ccc(Br)cc1. The number of benzene rings is 2. The summed E-state index contributed by atoms with van der Waals surface area (Å²) in [6, 6.07) is 15.0. The molecule has 1 aliphatic rings. The Kier molecular flexibility index (Phi) is 9.78. The molecule has 2 aromatic carbocycles. The zero-order valence-corrected chi connectivity index (χ0v) is 20.3. The molecule has 0 radical (unpaired) electrons. The van der Waals surface area contributed by atoms with Crippen LogP contribution in [0.3, 0.4) is 0 Å². The third-order valence-corrected chi connectivity index (χ3v) is 6.42. The molecule has 2 N–H and O–H groups in total. The second-order valence-electron chi connectivity index (χ2n) is 8.50. The number of carboxylic acid groups (broad SMARTS) is 1. The fourth-order valence-electron chi connectivity index (χ4n) is 3.88. The summed E-state index contributed by atoms with van der Waals surface area (Å²) in [7, 11) is 0. The van der Waals surface area contributed by atoms with Gasteiger partial charge in [-0.25, -0.2) is 4.79 Å². The van der Waals surface area contributed by atoms with E-state index in [4.69, 9.17) is 9.84 Å². The average Bonchev–Trinajstić information content (AvgIpc) is 2.80. The van der Waals surface area contributed by atoms with E-state index in [1.165, 1.54) is 18.4 Å². The number of piperidine rings is 1. The van der Waals surface area contributed by atoms with Gasteiger partial charge in [-0.3, -0.25) is 0 Å². The molecule has 172 valence electrons. The molecule has 0 saturated carbocycles. The molecule has 32 heavy (non-hydrogen) atoms. The van der Waals surface area contributed by atoms with Gasteiger partial charge in [0, 0.05) is 17.6 Å². The van der Waals surface area contributed by atoms with E-state index < -0.39 is 5.97 Å². The summed E-state index contributed by atoms with van der Waals surface area (Å²) in [5.74, 6) is 0.728. The Bertz CT molecular complexity index is 873. The minimum atomic E-state index is -0.879. The average molecular weight is 501 g/mol. The van der Waals surface area contributed by atoms with E-state index >= 15 is 0 Å². The largest absolute Gasteiger partial charge is 0.489 e. The molecular weight excluding hydrogens is 468 g/mol. The van der Waals surface area contributed by atoms with Gasteiger partial charge in [0.1, 0.15) is 12.4 Å². The molecule has 3 rings (SSSR count). The highest BCUT2D eigenvalue weighted by atomic mass is 79.9. The molecule has 0 aliphatic carbocycles. The van der Waals surface area contributed by atoms with Crippen molar-refractivity contribution in [3.63, 3.8) is 0 Å². The van der Waals surface area contributed by atoms with Crippen molar-refractivity contribution in [1.29, 1.82) is 0 Å². The Morgan fingerprint density at radius 2 is 1.84 bits per heavy atom. The molecule has 5 nitrogen and oxygen atoms in total. The fraction of sp³-hybridized carbons (Fsp3) is 0.423. The molecule has 0 spiro atoms. The molecule has 1 heterocycles. The number of nitrogens with one attached hydrogen (secondary N) is 1. The Labute approximate surface area is 199 Å². The fourth-order valence-corrected chi connectivity index (χ4v) is 4.14. The predicted molar refractivity (Wildman–Crippen MR) is 132 cm³/mol. The van der Waals surface area contributed by atoms with Crippen LogP contribution >= 0.6 is 15.9 Å². The van der Waals surface area contributed by atoms with Gasteiger partial charge in [0.2, 0.25) is 0 Å². The van der Waals surface area contributed by atoms with Crippen LogP contribution in [-0.2, 0) is 6.54 Å². The van der Waals surface area contributed by atoms with Crippen LogP contribution in [0.1, 0.15) is 42.1 Å². The third kappa shape index (κ3) is 8.41. The second-order valence-corrected chi connectivity index (χ2v) is 9.42. The van der Waals surface area contributed by atoms with Crippen LogP contribution in [0.15, 0.2) is 64.7 Å². The summed E-state index contributed by atoms with van der Waals surface area (Å²) in [5.41, 5.74) is 2.73. The lowest BCUT2D eigenvalue weighted by Gasteiger charge is -2.31. The van der Waals surface area contributed by atoms with Crippen molar-refractivity contribution in [3.8, 4) is 5.75 Å². The van der Waals surface area contributed by atoms with Crippen LogP contribution in [0, 0.1) is 5.92 Å². The van der Waals surface area contributed by atoms with Crippen molar-refractivity contribution in [2.45, 2.75) is 32.7 Å². The van der Waals surface area contributed by atoms with Crippen molar-refractivity contribution in [2.24, 2.45) is 5.92 Å². The highest BCUT2D eigenvalue weighted by Gasteiger charge is 2.18. The highest BCUT2D eigenvalue weighted by molar-refractivity contribution is 9.10. The van der Waals surface area contributed by atoms with Crippen molar-refractivity contribution in [2.75, 3.05) is 32.8 Å². The Morgan fingerprint density at radius 3 is 2.50 bits per heavy atom. The summed E-state index contributed by atoms with van der Waals surface area (Å²) in [4.78, 5) is 13.5. The number of nitrogens with zero attached hydrogens (tertiary/aromatic N) is 1. The quantitative estimate of drug-likeness (QED) is 0.406. The maximum Gasteiger partial charge on any atom is 0.335 e. The number of aromatic carboxylic acids is 1. The number of ether oxygens (including phenoxy) is 1. The highest BCUT2D eigenvalue weighted by Crippen LogP contribution is 2.18. The number of halogens is 1. The Morgan fingerprint density at radius 1 is 1.16 bits per heavy atom. The van der Waals surface area contributed by atoms with Crippen LogP contribution in [0.5, 0.6) is 5.75 Å². The standard InChI is InChI=1S/C26H33BrN2O3/c1-20(19-32-25-10-8-24(27)9-11-25)3-2-14-29-15-12-22(13-16-29)18-28-17-21-4-6-23(7-5-21)26(30)31/h3-11,22,28H,2,12-19H2,1H3,(H,30,31). The van der Waals surface area contributed by atoms with Crippen LogP contribution in [0.4, 0.5) is 0 Å². The first-order valence-electron chi connectivity index (χ1n) is 11.3. The topological polar surface area (TPSA) is 61.8 Å². The van der Waals surface area contributed by atoms with Gasteiger partial charge in [0.25, 0.3) is 0 Å². The predicted octanol–water partition coefficient (Wildman–Crippen LogP) is 5.36. The summed E-state index contributed by atoms with van der Waals surface area (Å²) in [5, 5.41) is 12.5. The van der Waals surface area contributed by atoms with E-state index in [-0.39, 0.29) is 0 Å². The van der Waals surface area contributed by atoms with Gasteiger partial charge in [0.15, 0.2) is 0 Å². The number of carboxylic acids is 1. The van der Waals surface area contributed by atoms with Crippen molar-refractivity contribution in [1.82, 2.24) is 10.2 Å². The molecule has 0 amide bonds. The minimum Gasteiger partial charge on any atom is -0.489 e. The van der Waals surface area contributed by atoms with Crippen molar-refractivity contribution < 1.29 is 14.6 Å². The first-order valence-corrected chi connectivity index (χ1v) is 12.1. The summed E-state index contributed by atoms with van der Waals surface area (Å²) in [6.07, 6.45) is 5.80. The van der Waals surface area contributed by atoms with E-state index in [0.717, 1.165) is 54.9 Å². The van der Waals surface area contributed by atoms with Crippen LogP contribution in [-0.4, -0.2) is 48.8 Å². The summed E-state index contributed by atoms with van der Waals surface area (Å²) >= 11 is 3.44. The third-order valence-electron chi connectivity index (χ3n) is 5.89. The Balaban J connectivity index is 1.27. The minimum absolute atomic E-state index is 0.336. The van der Waals surface area contributed by atoms with E-state index in [2.05, 4.69) is 39.1 Å². The number of carbonyl (C=O) groups is 1. The van der Waals surface area contributed by atoms with Crippen LogP contribution in [0.2, 0.25) is 0 Å². The van der Waals surface area contributed by atoms with Crippen molar-refractivity contribution in [3.05, 3.63) is 75.8 Å². The first-order chi connectivity index (χ1) is 15.5. The van der Waals surface area contributed by atoms with Gasteiger partial charge in [-0.05, 0) is 99.3 Å². The Hall–Kier alpha value is -2.15. The number of hydrogen-bond donors (Lipinski definition) is 2. The maximum absolute atomic E-state index is 10.9. The lowest BCUT2D eigenvalue weighted by atomic mass is 9.96. The van der Waals surface area contributed by atoms with Gasteiger partial charge in [0.05, 0.1) is 5.56 Å². The molecule has 0 aromatic heterocycles. The van der Waals surface area contributed by atoms with Crippen LogP contribution in [0.25, 0.3) is 0 Å². The summed E-state index contributed by atoms with van der Waals surface area (Å²) < 4.78 is 6.89. The molecule has 0 unspecified atom stereocenters. The molecule has 1 saturated heterocycles. The van der Waals surface area contributed by atoms with Gasteiger partial charge < -0.3 is 20.1 Å². The van der Waals surface area contributed by atoms with E-state index in [9.17, 15) is 4.79 Å². The second kappa shape index (κ2) is 12.8. The van der Waals surface area contributed by atoms with E-state index in [1.54, 1.807) is 12.1 Å². The zero-order chi connectivity index (χ0) is 22.8. The molecule has 0 atom stereocenters. The van der Waals surface area contributed by atoms with Crippen molar-refractivity contribution >= 4 is 21.9 Å². The lowest BCUT2D eigenvalue weighted by molar-refractivity contribution is 0.0697. The maximum atomic E-state index is 10.9. The summed E-state index contributed by atoms with van der Waals surface area (Å²) in [6.45, 7) is 7.98. The monoisotopic (exact) mass is 500 g/mol. The molecule has 1 fully saturated rings. The lowest BCUT2D eigenvalue weighted by Crippen LogP contribution is -2.37. The van der Waals surface area contributed by atoms with Crippen LogP contribution < -0.4 is 10.1 Å². The van der Waals surface area contributed by atoms with Gasteiger partial charge >= 0.3 is 5.97 Å². The molecule has 0 bridgehead atoms. The smallest absolute Gasteiger partial charge is 0.335 e. The number of hydrogen-bond acceptors (Lipinski definition) is 4. The molecule has 6 heteroatoms. The van der Waals surface area contributed by atoms with E-state index in [0.29, 0.717) is 18.1 Å². The zero-order valence-electron chi connectivity index (χ0n) is 18.7. The molecule has 2 aromatic rings. The number of likely N-dealkylation sites (tertiary alicyclic amines) is 1. The van der Waals surface area contributed by atoms with Gasteiger partial charge in [-0.15, -0.1) is 0 Å².